The molecule has 1 aliphatic heterocycles. The summed E-state index contributed by atoms with van der Waals surface area (Å²) in [5.41, 5.74) is 5.51. The van der Waals surface area contributed by atoms with Crippen molar-refractivity contribution in [3.05, 3.63) is 0 Å². The van der Waals surface area contributed by atoms with E-state index in [-0.39, 0.29) is 5.41 Å². The van der Waals surface area contributed by atoms with Crippen molar-refractivity contribution < 1.29 is 5.21 Å². The molecule has 0 amide bonds. The van der Waals surface area contributed by atoms with Crippen molar-refractivity contribution >= 4 is 5.84 Å². The molecule has 4 nitrogen and oxygen atoms in total. The van der Waals surface area contributed by atoms with Crippen molar-refractivity contribution in [3.63, 3.8) is 0 Å². The number of hydrogen-bond donors (Lipinski definition) is 2. The monoisotopic (exact) mass is 255 g/mol. The van der Waals surface area contributed by atoms with Gasteiger partial charge in [0.1, 0.15) is 5.84 Å². The Morgan fingerprint density at radius 2 is 1.72 bits per heavy atom. The maximum Gasteiger partial charge on any atom is 0.144 e. The molecule has 0 unspecified atom stereocenters. The van der Waals surface area contributed by atoms with Gasteiger partial charge in [-0.1, -0.05) is 38.3 Å². The summed E-state index contributed by atoms with van der Waals surface area (Å²) in [6.07, 6.45) is 8.93. The second kappa shape index (κ2) is 7.62. The number of likely N-dealkylation sites (tertiary alicyclic amines) is 1. The minimum absolute atomic E-state index is 0.197. The summed E-state index contributed by atoms with van der Waals surface area (Å²) in [6, 6.07) is 0. The molecular formula is C14H29N3O. The Labute approximate surface area is 111 Å². The molecule has 0 bridgehead atoms. The topological polar surface area (TPSA) is 61.8 Å². The molecule has 1 fully saturated rings. The van der Waals surface area contributed by atoms with E-state index in [0.29, 0.717) is 5.84 Å². The van der Waals surface area contributed by atoms with Gasteiger partial charge in [0.2, 0.25) is 0 Å². The summed E-state index contributed by atoms with van der Waals surface area (Å²) in [6.45, 7) is 7.70. The van der Waals surface area contributed by atoms with Crippen LogP contribution in [0, 0.1) is 5.41 Å². The maximum absolute atomic E-state index is 8.74. The third kappa shape index (κ3) is 5.25. The van der Waals surface area contributed by atoms with Crippen molar-refractivity contribution in [2.45, 2.75) is 58.8 Å². The van der Waals surface area contributed by atoms with E-state index in [1.165, 1.54) is 45.2 Å². The van der Waals surface area contributed by atoms with Gasteiger partial charge >= 0.3 is 0 Å². The average Bonchev–Trinajstić information content (AvgIpc) is 2.30. The van der Waals surface area contributed by atoms with Gasteiger partial charge in [0.25, 0.3) is 0 Å². The third-order valence-corrected chi connectivity index (χ3v) is 4.03. The van der Waals surface area contributed by atoms with Crippen LogP contribution in [0.15, 0.2) is 5.16 Å². The van der Waals surface area contributed by atoms with Crippen molar-refractivity contribution in [2.75, 3.05) is 19.6 Å². The van der Waals surface area contributed by atoms with Crippen LogP contribution in [0.5, 0.6) is 0 Å². The summed E-state index contributed by atoms with van der Waals surface area (Å²) < 4.78 is 0. The lowest BCUT2D eigenvalue weighted by atomic mass is 9.86. The van der Waals surface area contributed by atoms with Crippen LogP contribution in [-0.2, 0) is 0 Å². The van der Waals surface area contributed by atoms with Crippen LogP contribution in [0.1, 0.15) is 58.8 Å². The fourth-order valence-corrected chi connectivity index (χ4v) is 2.54. The van der Waals surface area contributed by atoms with Crippen LogP contribution >= 0.6 is 0 Å². The highest BCUT2D eigenvalue weighted by atomic mass is 16.4. The lowest BCUT2D eigenvalue weighted by molar-refractivity contribution is 0.234. The van der Waals surface area contributed by atoms with Gasteiger partial charge in [-0.05, 0) is 45.3 Å². The van der Waals surface area contributed by atoms with E-state index in [0.717, 1.165) is 19.4 Å². The number of rotatable bonds is 5. The number of nitrogens with zero attached hydrogens (tertiary/aromatic N) is 2. The normalized spacial score (nSPS) is 20.4. The zero-order valence-electron chi connectivity index (χ0n) is 12.0. The van der Waals surface area contributed by atoms with E-state index in [1.54, 1.807) is 0 Å². The highest BCUT2D eigenvalue weighted by molar-refractivity contribution is 5.85. The highest BCUT2D eigenvalue weighted by Gasteiger charge is 2.23. The molecular weight excluding hydrogens is 226 g/mol. The quantitative estimate of drug-likeness (QED) is 0.344. The van der Waals surface area contributed by atoms with Gasteiger partial charge in [0.05, 0.1) is 0 Å². The smallest absolute Gasteiger partial charge is 0.144 e. The van der Waals surface area contributed by atoms with E-state index in [2.05, 4.69) is 10.1 Å². The van der Waals surface area contributed by atoms with E-state index in [4.69, 9.17) is 10.9 Å². The first-order valence-electron chi connectivity index (χ1n) is 7.26. The van der Waals surface area contributed by atoms with Gasteiger partial charge in [0.15, 0.2) is 0 Å². The Morgan fingerprint density at radius 1 is 1.17 bits per heavy atom. The summed E-state index contributed by atoms with van der Waals surface area (Å²) in [5, 5.41) is 11.9. The number of hydrogen-bond acceptors (Lipinski definition) is 3. The van der Waals surface area contributed by atoms with E-state index in [1.807, 2.05) is 13.8 Å². The largest absolute Gasteiger partial charge is 0.409 e. The lowest BCUT2D eigenvalue weighted by Crippen LogP contribution is -2.34. The molecule has 0 spiro atoms. The first kappa shape index (κ1) is 15.3. The molecule has 0 atom stereocenters. The van der Waals surface area contributed by atoms with E-state index in [9.17, 15) is 0 Å². The first-order chi connectivity index (χ1) is 8.56. The Kier molecular flexibility index (Phi) is 6.47. The number of nitrogens with two attached hydrogens (primary N) is 1. The molecule has 0 radical (unpaired) electrons. The zero-order valence-corrected chi connectivity index (χ0v) is 12.0. The van der Waals surface area contributed by atoms with Crippen LogP contribution < -0.4 is 5.73 Å². The van der Waals surface area contributed by atoms with Crippen LogP contribution in [0.25, 0.3) is 0 Å². The fraction of sp³-hybridized carbons (Fsp3) is 0.929. The molecule has 0 aliphatic carbocycles. The summed E-state index contributed by atoms with van der Waals surface area (Å²) >= 11 is 0. The Hall–Kier alpha value is -0.770. The molecule has 1 rings (SSSR count). The number of oxime groups is 1. The minimum Gasteiger partial charge on any atom is -0.409 e. The molecule has 18 heavy (non-hydrogen) atoms. The minimum atomic E-state index is -0.197. The molecule has 3 N–H and O–H groups in total. The van der Waals surface area contributed by atoms with Gasteiger partial charge in [-0.15, -0.1) is 0 Å². The summed E-state index contributed by atoms with van der Waals surface area (Å²) in [7, 11) is 0. The molecule has 4 heteroatoms. The average molecular weight is 255 g/mol. The van der Waals surface area contributed by atoms with Gasteiger partial charge in [-0.2, -0.15) is 0 Å². The van der Waals surface area contributed by atoms with Gasteiger partial charge in [-0.3, -0.25) is 0 Å². The maximum atomic E-state index is 8.74. The predicted molar refractivity (Wildman–Crippen MR) is 75.9 cm³/mol. The predicted octanol–water partition coefficient (Wildman–Crippen LogP) is 2.81. The molecule has 1 aliphatic rings. The molecule has 106 valence electrons. The van der Waals surface area contributed by atoms with Crippen molar-refractivity contribution in [2.24, 2.45) is 16.3 Å². The lowest BCUT2D eigenvalue weighted by Gasteiger charge is -2.27. The first-order valence-corrected chi connectivity index (χ1v) is 7.26. The number of amidine groups is 1. The van der Waals surface area contributed by atoms with Crippen molar-refractivity contribution in [1.29, 1.82) is 0 Å². The molecule has 0 saturated carbocycles. The Morgan fingerprint density at radius 3 is 2.28 bits per heavy atom. The fourth-order valence-electron chi connectivity index (χ4n) is 2.54. The summed E-state index contributed by atoms with van der Waals surface area (Å²) in [4.78, 5) is 2.57. The van der Waals surface area contributed by atoms with Crippen LogP contribution in [-0.4, -0.2) is 35.6 Å². The van der Waals surface area contributed by atoms with Crippen LogP contribution in [0.3, 0.4) is 0 Å². The van der Waals surface area contributed by atoms with Gasteiger partial charge < -0.3 is 15.8 Å². The molecule has 1 saturated heterocycles. The van der Waals surface area contributed by atoms with Crippen molar-refractivity contribution in [3.8, 4) is 0 Å². The Bertz CT molecular complexity index is 256. The standard InChI is InChI=1S/C14H29N3O/c1-14(2,13(15)16-18)9-8-12-17-10-6-4-3-5-7-11-17/h18H,3-12H2,1-2H3,(H2,15,16). The third-order valence-electron chi connectivity index (χ3n) is 4.03. The second-order valence-electron chi connectivity index (χ2n) is 6.08. The molecule has 0 aromatic heterocycles. The molecule has 1 heterocycles. The van der Waals surface area contributed by atoms with Crippen LogP contribution in [0.4, 0.5) is 0 Å². The van der Waals surface area contributed by atoms with Crippen LogP contribution in [0.2, 0.25) is 0 Å². The van der Waals surface area contributed by atoms with E-state index >= 15 is 0 Å². The highest BCUT2D eigenvalue weighted by Crippen LogP contribution is 2.23. The molecule has 0 aromatic rings. The SMILES string of the molecule is CC(C)(CCCN1CCCCCCC1)C(N)=NO. The Balaban J connectivity index is 2.27. The second-order valence-corrected chi connectivity index (χ2v) is 6.08. The van der Waals surface area contributed by atoms with Gasteiger partial charge in [0, 0.05) is 5.41 Å². The van der Waals surface area contributed by atoms with Crippen molar-refractivity contribution in [1.82, 2.24) is 4.90 Å². The van der Waals surface area contributed by atoms with Gasteiger partial charge in [-0.25, -0.2) is 0 Å². The summed E-state index contributed by atoms with van der Waals surface area (Å²) in [5.74, 6) is 0.343. The zero-order chi connectivity index (χ0) is 13.4. The molecule has 0 aromatic carbocycles. The van der Waals surface area contributed by atoms with E-state index < -0.39 is 0 Å².